The molecule has 0 saturated heterocycles. The quantitative estimate of drug-likeness (QED) is 0.412. The summed E-state index contributed by atoms with van der Waals surface area (Å²) in [7, 11) is 0. The lowest BCUT2D eigenvalue weighted by molar-refractivity contribution is 0.613. The number of imidazole rings is 1. The van der Waals surface area contributed by atoms with Gasteiger partial charge in [0.05, 0.1) is 11.4 Å². The standard InChI is InChI=1S/C22H17ClFN7/c1-13-3-2-4-18(28-13)21-20(14-7-8-31-19(9-14)26-12-27-31)29-22(30-21)25-11-15-5-6-16(23)10-17(15)24/h2-10,12H,11H2,1H3,(H2,25,29,30). The van der Waals surface area contributed by atoms with E-state index in [1.165, 1.54) is 12.4 Å². The first-order chi connectivity index (χ1) is 15.1. The van der Waals surface area contributed by atoms with Crippen LogP contribution in [0.5, 0.6) is 0 Å². The van der Waals surface area contributed by atoms with Crippen molar-refractivity contribution in [1.82, 2.24) is 29.5 Å². The van der Waals surface area contributed by atoms with Crippen LogP contribution in [0.25, 0.3) is 28.3 Å². The van der Waals surface area contributed by atoms with Gasteiger partial charge in [-0.15, -0.1) is 0 Å². The molecule has 5 aromatic rings. The maximum atomic E-state index is 14.1. The highest BCUT2D eigenvalue weighted by atomic mass is 35.5. The summed E-state index contributed by atoms with van der Waals surface area (Å²) in [5.41, 5.74) is 5.18. The summed E-state index contributed by atoms with van der Waals surface area (Å²) in [5.74, 6) is 0.133. The van der Waals surface area contributed by atoms with Crippen LogP contribution in [-0.4, -0.2) is 29.5 Å². The summed E-state index contributed by atoms with van der Waals surface area (Å²) in [4.78, 5) is 16.9. The lowest BCUT2D eigenvalue weighted by Gasteiger charge is -2.05. The average Bonchev–Trinajstić information content (AvgIpc) is 3.39. The Hall–Kier alpha value is -3.78. The van der Waals surface area contributed by atoms with E-state index >= 15 is 0 Å². The minimum atomic E-state index is -0.371. The fourth-order valence-electron chi connectivity index (χ4n) is 3.34. The highest BCUT2D eigenvalue weighted by Gasteiger charge is 2.16. The summed E-state index contributed by atoms with van der Waals surface area (Å²) in [6, 6.07) is 14.2. The molecule has 7 nitrogen and oxygen atoms in total. The first-order valence-electron chi connectivity index (χ1n) is 9.58. The molecular formula is C22H17ClFN7. The molecule has 31 heavy (non-hydrogen) atoms. The lowest BCUT2D eigenvalue weighted by Crippen LogP contribution is -2.03. The summed E-state index contributed by atoms with van der Waals surface area (Å²) < 4.78 is 15.8. The molecule has 0 spiro atoms. The van der Waals surface area contributed by atoms with Crippen LogP contribution in [0.3, 0.4) is 0 Å². The number of benzene rings is 1. The Kier molecular flexibility index (Phi) is 4.83. The number of rotatable bonds is 5. The van der Waals surface area contributed by atoms with Gasteiger partial charge in [-0.2, -0.15) is 5.10 Å². The van der Waals surface area contributed by atoms with Gasteiger partial charge in [-0.1, -0.05) is 23.7 Å². The van der Waals surface area contributed by atoms with Gasteiger partial charge < -0.3 is 10.3 Å². The van der Waals surface area contributed by atoms with E-state index in [-0.39, 0.29) is 12.4 Å². The molecule has 0 fully saturated rings. The zero-order valence-electron chi connectivity index (χ0n) is 16.5. The van der Waals surface area contributed by atoms with E-state index < -0.39 is 0 Å². The fraction of sp³-hybridized carbons (Fsp3) is 0.0909. The van der Waals surface area contributed by atoms with Gasteiger partial charge in [0.2, 0.25) is 5.95 Å². The molecular weight excluding hydrogens is 417 g/mol. The van der Waals surface area contributed by atoms with Crippen LogP contribution in [0.15, 0.2) is 61.1 Å². The molecule has 0 bridgehead atoms. The second-order valence-corrected chi connectivity index (χ2v) is 7.48. The zero-order valence-corrected chi connectivity index (χ0v) is 17.2. The summed E-state index contributed by atoms with van der Waals surface area (Å²) >= 11 is 5.84. The van der Waals surface area contributed by atoms with Gasteiger partial charge in [0, 0.05) is 34.6 Å². The molecule has 154 valence electrons. The predicted octanol–water partition coefficient (Wildman–Crippen LogP) is 4.89. The number of anilines is 1. The minimum absolute atomic E-state index is 0.250. The molecule has 4 heterocycles. The minimum Gasteiger partial charge on any atom is -0.352 e. The van der Waals surface area contributed by atoms with Gasteiger partial charge in [-0.3, -0.25) is 4.98 Å². The number of pyridine rings is 2. The van der Waals surface area contributed by atoms with Crippen molar-refractivity contribution < 1.29 is 4.39 Å². The summed E-state index contributed by atoms with van der Waals surface area (Å²) in [6.45, 7) is 2.18. The van der Waals surface area contributed by atoms with E-state index in [4.69, 9.17) is 16.6 Å². The molecule has 1 aromatic carbocycles. The first kappa shape index (κ1) is 19.2. The molecule has 0 saturated carbocycles. The maximum absolute atomic E-state index is 14.1. The van der Waals surface area contributed by atoms with Crippen molar-refractivity contribution in [2.45, 2.75) is 13.5 Å². The molecule has 0 unspecified atom stereocenters. The van der Waals surface area contributed by atoms with Crippen molar-refractivity contribution in [3.8, 4) is 22.6 Å². The fourth-order valence-corrected chi connectivity index (χ4v) is 3.50. The number of hydrogen-bond donors (Lipinski definition) is 2. The highest BCUT2D eigenvalue weighted by Crippen LogP contribution is 2.31. The number of fused-ring (bicyclic) bond motifs is 1. The van der Waals surface area contributed by atoms with Gasteiger partial charge in [0.25, 0.3) is 0 Å². The lowest BCUT2D eigenvalue weighted by atomic mass is 10.1. The number of aromatic amines is 1. The van der Waals surface area contributed by atoms with Crippen LogP contribution in [0.4, 0.5) is 10.3 Å². The number of nitrogens with zero attached hydrogens (tertiary/aromatic N) is 5. The Bertz CT molecular complexity index is 1390. The van der Waals surface area contributed by atoms with E-state index in [1.807, 2.05) is 43.5 Å². The van der Waals surface area contributed by atoms with Gasteiger partial charge in [-0.25, -0.2) is 18.9 Å². The molecule has 0 aliphatic carbocycles. The number of hydrogen-bond acceptors (Lipinski definition) is 5. The SMILES string of the molecule is Cc1cccc(-c2[nH]c(NCc3ccc(Cl)cc3F)nc2-c2ccn3ncnc3c2)n1. The summed E-state index contributed by atoms with van der Waals surface area (Å²) in [6.07, 6.45) is 3.33. The number of halogens is 2. The van der Waals surface area contributed by atoms with E-state index in [0.717, 1.165) is 22.6 Å². The van der Waals surface area contributed by atoms with Crippen LogP contribution in [0.2, 0.25) is 5.02 Å². The second-order valence-electron chi connectivity index (χ2n) is 7.04. The van der Waals surface area contributed by atoms with Crippen molar-refractivity contribution in [2.75, 3.05) is 5.32 Å². The van der Waals surface area contributed by atoms with Gasteiger partial charge in [0.1, 0.15) is 17.8 Å². The number of aryl methyl sites for hydroxylation is 1. The van der Waals surface area contributed by atoms with Crippen molar-refractivity contribution in [1.29, 1.82) is 0 Å². The molecule has 2 N–H and O–H groups in total. The molecule has 0 radical (unpaired) electrons. The van der Waals surface area contributed by atoms with Crippen molar-refractivity contribution in [3.05, 3.63) is 83.2 Å². The Labute approximate surface area is 182 Å². The van der Waals surface area contributed by atoms with Crippen molar-refractivity contribution in [3.63, 3.8) is 0 Å². The van der Waals surface area contributed by atoms with E-state index in [2.05, 4.69) is 25.4 Å². The average molecular weight is 434 g/mol. The Morgan fingerprint density at radius 1 is 1.13 bits per heavy atom. The first-order valence-corrected chi connectivity index (χ1v) is 9.96. The topological polar surface area (TPSA) is 83.8 Å². The number of aromatic nitrogens is 6. The Morgan fingerprint density at radius 2 is 2.03 bits per heavy atom. The largest absolute Gasteiger partial charge is 0.352 e. The third kappa shape index (κ3) is 3.85. The smallest absolute Gasteiger partial charge is 0.201 e. The van der Waals surface area contributed by atoms with Gasteiger partial charge in [0.15, 0.2) is 5.65 Å². The van der Waals surface area contributed by atoms with Crippen LogP contribution in [-0.2, 0) is 6.54 Å². The van der Waals surface area contributed by atoms with Gasteiger partial charge >= 0.3 is 0 Å². The Balaban J connectivity index is 1.54. The molecule has 0 aliphatic rings. The Morgan fingerprint density at radius 3 is 2.87 bits per heavy atom. The molecule has 5 rings (SSSR count). The maximum Gasteiger partial charge on any atom is 0.201 e. The van der Waals surface area contributed by atoms with Crippen LogP contribution >= 0.6 is 11.6 Å². The van der Waals surface area contributed by atoms with Crippen LogP contribution < -0.4 is 5.32 Å². The highest BCUT2D eigenvalue weighted by molar-refractivity contribution is 6.30. The van der Waals surface area contributed by atoms with Crippen molar-refractivity contribution >= 4 is 23.2 Å². The molecule has 0 aliphatic heterocycles. The number of nitrogens with one attached hydrogen (secondary N) is 2. The molecule has 0 amide bonds. The van der Waals surface area contributed by atoms with Crippen molar-refractivity contribution in [2.24, 2.45) is 0 Å². The molecule has 4 aromatic heterocycles. The third-order valence-corrected chi connectivity index (χ3v) is 5.10. The monoisotopic (exact) mass is 433 g/mol. The van der Waals surface area contributed by atoms with Crippen LogP contribution in [0.1, 0.15) is 11.3 Å². The number of H-pyrrole nitrogens is 1. The van der Waals surface area contributed by atoms with Crippen LogP contribution in [0, 0.1) is 12.7 Å². The third-order valence-electron chi connectivity index (χ3n) is 4.86. The molecule has 0 atom stereocenters. The van der Waals surface area contributed by atoms with E-state index in [0.29, 0.717) is 27.9 Å². The summed E-state index contributed by atoms with van der Waals surface area (Å²) in [5, 5.41) is 7.65. The normalized spacial score (nSPS) is 11.2. The van der Waals surface area contributed by atoms with E-state index in [1.54, 1.807) is 16.6 Å². The zero-order chi connectivity index (χ0) is 21.4. The van der Waals surface area contributed by atoms with E-state index in [9.17, 15) is 4.39 Å². The molecule has 9 heteroatoms. The predicted molar refractivity (Wildman–Crippen MR) is 117 cm³/mol. The second kappa shape index (κ2) is 7.81. The van der Waals surface area contributed by atoms with Gasteiger partial charge in [-0.05, 0) is 43.3 Å².